The Morgan fingerprint density at radius 1 is 1.44 bits per heavy atom. The van der Waals surface area contributed by atoms with Gasteiger partial charge >= 0.3 is 0 Å². The number of likely N-dealkylation sites (N-methyl/N-ethyl adjacent to an activating group) is 1. The minimum atomic E-state index is 0.266. The van der Waals surface area contributed by atoms with E-state index in [-0.39, 0.29) is 6.04 Å². The molecular formula is C13H17N3OS. The van der Waals surface area contributed by atoms with Gasteiger partial charge in [-0.1, -0.05) is 23.5 Å². The molecular weight excluding hydrogens is 246 g/mol. The molecule has 4 nitrogen and oxygen atoms in total. The maximum Gasteiger partial charge on any atom is 0.119 e. The minimum Gasteiger partial charge on any atom is -0.497 e. The Morgan fingerprint density at radius 2 is 2.33 bits per heavy atom. The molecule has 0 fully saturated rings. The van der Waals surface area contributed by atoms with E-state index in [1.807, 2.05) is 18.3 Å². The molecule has 96 valence electrons. The smallest absolute Gasteiger partial charge is 0.119 e. The van der Waals surface area contributed by atoms with Gasteiger partial charge in [0.1, 0.15) is 5.75 Å². The van der Waals surface area contributed by atoms with Crippen LogP contribution in [0.3, 0.4) is 0 Å². The van der Waals surface area contributed by atoms with Crippen molar-refractivity contribution in [2.75, 3.05) is 13.7 Å². The molecule has 5 heteroatoms. The number of hydrogen-bond donors (Lipinski definition) is 1. The van der Waals surface area contributed by atoms with Gasteiger partial charge in [-0.2, -0.15) is 0 Å². The van der Waals surface area contributed by atoms with Crippen molar-refractivity contribution in [3.05, 3.63) is 40.9 Å². The zero-order valence-electron chi connectivity index (χ0n) is 10.6. The first-order valence-corrected chi connectivity index (χ1v) is 6.74. The van der Waals surface area contributed by atoms with Crippen LogP contribution in [0.5, 0.6) is 5.75 Å². The van der Waals surface area contributed by atoms with Gasteiger partial charge in [-0.05, 0) is 42.2 Å². The molecule has 1 heterocycles. The topological polar surface area (TPSA) is 47.0 Å². The first kappa shape index (κ1) is 13.0. The van der Waals surface area contributed by atoms with Gasteiger partial charge in [0.25, 0.3) is 0 Å². The predicted molar refractivity (Wildman–Crippen MR) is 73.0 cm³/mol. The largest absolute Gasteiger partial charge is 0.497 e. The molecule has 0 saturated carbocycles. The zero-order chi connectivity index (χ0) is 12.8. The van der Waals surface area contributed by atoms with Crippen LogP contribution < -0.4 is 10.1 Å². The van der Waals surface area contributed by atoms with Crippen molar-refractivity contribution in [2.45, 2.75) is 19.4 Å². The van der Waals surface area contributed by atoms with Gasteiger partial charge < -0.3 is 10.1 Å². The number of methoxy groups -OCH3 is 1. The summed E-state index contributed by atoms with van der Waals surface area (Å²) in [5.74, 6) is 0.894. The molecule has 2 aromatic rings. The second-order valence-corrected chi connectivity index (χ2v) is 4.80. The molecule has 1 atom stereocenters. The molecule has 0 radical (unpaired) electrons. The molecule has 1 aromatic carbocycles. The summed E-state index contributed by atoms with van der Waals surface area (Å²) in [4.78, 5) is 1.17. The first-order chi connectivity index (χ1) is 8.83. The lowest BCUT2D eigenvalue weighted by atomic mass is 10.0. The number of nitrogens with one attached hydrogen (secondary N) is 1. The third kappa shape index (κ3) is 3.27. The molecule has 1 aromatic heterocycles. The predicted octanol–water partition coefficient (Wildman–Crippen LogP) is 2.44. The van der Waals surface area contributed by atoms with Crippen molar-refractivity contribution in [3.8, 4) is 5.75 Å². The number of aromatic nitrogens is 2. The van der Waals surface area contributed by atoms with Crippen molar-refractivity contribution >= 4 is 11.5 Å². The molecule has 0 aliphatic heterocycles. The summed E-state index contributed by atoms with van der Waals surface area (Å²) in [6.07, 6.45) is 2.74. The zero-order valence-corrected chi connectivity index (χ0v) is 11.4. The first-order valence-electron chi connectivity index (χ1n) is 5.97. The monoisotopic (exact) mass is 263 g/mol. The Balaban J connectivity index is 2.13. The van der Waals surface area contributed by atoms with E-state index in [0.29, 0.717) is 0 Å². The van der Waals surface area contributed by atoms with Gasteiger partial charge in [0.2, 0.25) is 0 Å². The SMILES string of the molecule is CCNC(Cc1cccc(OC)c1)c1cnns1. The number of ether oxygens (including phenoxy) is 1. The van der Waals surface area contributed by atoms with Crippen LogP contribution in [0.25, 0.3) is 0 Å². The van der Waals surface area contributed by atoms with E-state index in [2.05, 4.69) is 34.0 Å². The average molecular weight is 263 g/mol. The third-order valence-corrected chi connectivity index (χ3v) is 3.52. The van der Waals surface area contributed by atoms with Crippen LogP contribution in [0.2, 0.25) is 0 Å². The Labute approximate surface area is 111 Å². The van der Waals surface area contributed by atoms with Gasteiger partial charge in [0.15, 0.2) is 0 Å². The lowest BCUT2D eigenvalue weighted by Crippen LogP contribution is -2.22. The van der Waals surface area contributed by atoms with Crippen molar-refractivity contribution in [2.24, 2.45) is 0 Å². The fourth-order valence-corrected chi connectivity index (χ4v) is 2.46. The van der Waals surface area contributed by atoms with Crippen LogP contribution in [0.4, 0.5) is 0 Å². The van der Waals surface area contributed by atoms with Crippen molar-refractivity contribution < 1.29 is 4.74 Å². The fraction of sp³-hybridized carbons (Fsp3) is 0.385. The summed E-state index contributed by atoms with van der Waals surface area (Å²) < 4.78 is 9.17. The highest BCUT2D eigenvalue weighted by atomic mass is 32.1. The van der Waals surface area contributed by atoms with Crippen LogP contribution in [-0.4, -0.2) is 23.2 Å². The molecule has 1 N–H and O–H groups in total. The molecule has 18 heavy (non-hydrogen) atoms. The number of benzene rings is 1. The summed E-state index contributed by atoms with van der Waals surface area (Å²) in [6.45, 7) is 3.03. The Bertz CT molecular complexity index is 473. The maximum absolute atomic E-state index is 5.24. The van der Waals surface area contributed by atoms with Gasteiger partial charge in [-0.25, -0.2) is 0 Å². The van der Waals surface area contributed by atoms with Crippen LogP contribution in [0.15, 0.2) is 30.5 Å². The Kier molecular flexibility index (Phi) is 4.66. The lowest BCUT2D eigenvalue weighted by Gasteiger charge is -2.15. The third-order valence-electron chi connectivity index (χ3n) is 2.75. The van der Waals surface area contributed by atoms with E-state index >= 15 is 0 Å². The van der Waals surface area contributed by atoms with Gasteiger partial charge in [-0.15, -0.1) is 5.10 Å². The standard InChI is InChI=1S/C13H17N3OS/c1-3-14-12(13-9-15-16-18-13)8-10-5-4-6-11(7-10)17-2/h4-7,9,12,14H,3,8H2,1-2H3. The van der Waals surface area contributed by atoms with Crippen LogP contribution >= 0.6 is 11.5 Å². The second kappa shape index (κ2) is 6.47. The average Bonchev–Trinajstić information content (AvgIpc) is 2.92. The molecule has 0 amide bonds. The molecule has 0 aliphatic carbocycles. The van der Waals surface area contributed by atoms with Gasteiger partial charge in [0, 0.05) is 6.04 Å². The van der Waals surface area contributed by atoms with E-state index < -0.39 is 0 Å². The second-order valence-electron chi connectivity index (χ2n) is 3.99. The highest BCUT2D eigenvalue weighted by molar-refractivity contribution is 7.05. The molecule has 2 rings (SSSR count). The number of rotatable bonds is 6. The van der Waals surface area contributed by atoms with E-state index in [1.54, 1.807) is 7.11 Å². The van der Waals surface area contributed by atoms with E-state index in [4.69, 9.17) is 4.74 Å². The summed E-state index contributed by atoms with van der Waals surface area (Å²) in [5.41, 5.74) is 1.24. The normalized spacial score (nSPS) is 12.3. The Morgan fingerprint density at radius 3 is 3.00 bits per heavy atom. The van der Waals surface area contributed by atoms with Gasteiger partial charge in [0.05, 0.1) is 18.2 Å². The van der Waals surface area contributed by atoms with Crippen LogP contribution in [-0.2, 0) is 6.42 Å². The highest BCUT2D eigenvalue weighted by Crippen LogP contribution is 2.22. The minimum absolute atomic E-state index is 0.266. The Hall–Kier alpha value is -1.46. The van der Waals surface area contributed by atoms with Crippen molar-refractivity contribution in [1.29, 1.82) is 0 Å². The number of nitrogens with zero attached hydrogens (tertiary/aromatic N) is 2. The summed E-state index contributed by atoms with van der Waals surface area (Å²) in [7, 11) is 1.69. The summed E-state index contributed by atoms with van der Waals surface area (Å²) >= 11 is 1.45. The lowest BCUT2D eigenvalue weighted by molar-refractivity contribution is 0.414. The van der Waals surface area contributed by atoms with E-state index in [0.717, 1.165) is 18.7 Å². The van der Waals surface area contributed by atoms with Crippen LogP contribution in [0.1, 0.15) is 23.4 Å². The highest BCUT2D eigenvalue weighted by Gasteiger charge is 2.13. The van der Waals surface area contributed by atoms with Gasteiger partial charge in [-0.3, -0.25) is 0 Å². The fourth-order valence-electron chi connectivity index (χ4n) is 1.88. The van der Waals surface area contributed by atoms with Crippen molar-refractivity contribution in [3.63, 3.8) is 0 Å². The quantitative estimate of drug-likeness (QED) is 0.869. The molecule has 0 aliphatic rings. The van der Waals surface area contributed by atoms with E-state index in [1.165, 1.54) is 22.0 Å². The number of hydrogen-bond acceptors (Lipinski definition) is 5. The maximum atomic E-state index is 5.24. The molecule has 0 spiro atoms. The van der Waals surface area contributed by atoms with Crippen molar-refractivity contribution in [1.82, 2.24) is 14.9 Å². The molecule has 0 bridgehead atoms. The van der Waals surface area contributed by atoms with Crippen LogP contribution in [0, 0.1) is 0 Å². The van der Waals surface area contributed by atoms with E-state index in [9.17, 15) is 0 Å². The molecule has 1 unspecified atom stereocenters. The summed E-state index contributed by atoms with van der Waals surface area (Å²) in [6, 6.07) is 8.42. The molecule has 0 saturated heterocycles. The summed E-state index contributed by atoms with van der Waals surface area (Å²) in [5, 5.41) is 7.37.